The van der Waals surface area contributed by atoms with Crippen LogP contribution in [0.2, 0.25) is 0 Å². The molecule has 0 radical (unpaired) electrons. The summed E-state index contributed by atoms with van der Waals surface area (Å²) in [5.74, 6) is -1.12. The van der Waals surface area contributed by atoms with Crippen LogP contribution in [0.4, 0.5) is 8.78 Å². The Balaban J connectivity index is 2.88. The molecular weight excluding hydrogens is 172 g/mol. The molecule has 0 aliphatic heterocycles. The minimum atomic E-state index is -0.565. The van der Waals surface area contributed by atoms with Gasteiger partial charge in [-0.15, -0.1) is 0 Å². The van der Waals surface area contributed by atoms with E-state index in [1.54, 1.807) is 0 Å². The van der Waals surface area contributed by atoms with Crippen LogP contribution in [0, 0.1) is 11.6 Å². The van der Waals surface area contributed by atoms with Crippen LogP contribution in [0.3, 0.4) is 0 Å². The van der Waals surface area contributed by atoms with Crippen molar-refractivity contribution in [2.45, 2.75) is 25.8 Å². The summed E-state index contributed by atoms with van der Waals surface area (Å²) in [5, 5.41) is 0. The molecule has 1 rings (SSSR count). The van der Waals surface area contributed by atoms with Crippen LogP contribution < -0.4 is 5.73 Å². The predicted octanol–water partition coefficient (Wildman–Crippen LogP) is 2.76. The fourth-order valence-corrected chi connectivity index (χ4v) is 1.27. The van der Waals surface area contributed by atoms with Crippen LogP contribution in [0.5, 0.6) is 0 Å². The van der Waals surface area contributed by atoms with Gasteiger partial charge in [0.1, 0.15) is 11.6 Å². The number of nitrogens with two attached hydrogens (primary N) is 1. The van der Waals surface area contributed by atoms with Gasteiger partial charge in [-0.1, -0.05) is 19.4 Å². The molecule has 1 nitrogen and oxygen atoms in total. The molecule has 2 N–H and O–H groups in total. The molecule has 0 aliphatic carbocycles. The third-order valence-corrected chi connectivity index (χ3v) is 1.96. The lowest BCUT2D eigenvalue weighted by Crippen LogP contribution is -2.11. The third kappa shape index (κ3) is 2.49. The Kier molecular flexibility index (Phi) is 3.37. The third-order valence-electron chi connectivity index (χ3n) is 1.96. The summed E-state index contributed by atoms with van der Waals surface area (Å²) in [5.41, 5.74) is 6.09. The molecule has 1 aromatic carbocycles. The van der Waals surface area contributed by atoms with Gasteiger partial charge in [0.05, 0.1) is 0 Å². The molecule has 0 saturated heterocycles. The average molecular weight is 185 g/mol. The van der Waals surface area contributed by atoms with Crippen molar-refractivity contribution >= 4 is 0 Å². The topological polar surface area (TPSA) is 26.0 Å². The van der Waals surface area contributed by atoms with E-state index in [2.05, 4.69) is 0 Å². The fraction of sp³-hybridized carbons (Fsp3) is 0.400. The smallest absolute Gasteiger partial charge is 0.130 e. The zero-order chi connectivity index (χ0) is 9.84. The normalized spacial score (nSPS) is 12.9. The maximum atomic E-state index is 13.1. The molecule has 0 bridgehead atoms. The van der Waals surface area contributed by atoms with E-state index in [1.165, 1.54) is 12.1 Å². The van der Waals surface area contributed by atoms with Gasteiger partial charge in [-0.05, 0) is 12.5 Å². The van der Waals surface area contributed by atoms with Gasteiger partial charge in [-0.2, -0.15) is 0 Å². The van der Waals surface area contributed by atoms with E-state index in [0.717, 1.165) is 12.5 Å². The van der Waals surface area contributed by atoms with Crippen LogP contribution >= 0.6 is 0 Å². The molecule has 0 spiro atoms. The van der Waals surface area contributed by atoms with Gasteiger partial charge < -0.3 is 5.73 Å². The van der Waals surface area contributed by atoms with Gasteiger partial charge in [0.15, 0.2) is 0 Å². The molecule has 3 heteroatoms. The summed E-state index contributed by atoms with van der Waals surface area (Å²) in [6, 6.07) is 3.18. The second-order valence-electron chi connectivity index (χ2n) is 3.06. The van der Waals surface area contributed by atoms with Crippen LogP contribution in [0.1, 0.15) is 31.4 Å². The molecule has 0 aliphatic rings. The number of hydrogen-bond donors (Lipinski definition) is 1. The largest absolute Gasteiger partial charge is 0.324 e. The SMILES string of the molecule is CCCC(N)c1ccc(F)cc1F. The Morgan fingerprint density at radius 2 is 2.08 bits per heavy atom. The molecule has 1 atom stereocenters. The van der Waals surface area contributed by atoms with E-state index in [-0.39, 0.29) is 6.04 Å². The summed E-state index contributed by atoms with van der Waals surface area (Å²) >= 11 is 0. The van der Waals surface area contributed by atoms with Crippen molar-refractivity contribution in [1.82, 2.24) is 0 Å². The lowest BCUT2D eigenvalue weighted by Gasteiger charge is -2.11. The Morgan fingerprint density at radius 1 is 1.38 bits per heavy atom. The van der Waals surface area contributed by atoms with Crippen molar-refractivity contribution in [3.63, 3.8) is 0 Å². The highest BCUT2D eigenvalue weighted by molar-refractivity contribution is 5.21. The quantitative estimate of drug-likeness (QED) is 0.769. The van der Waals surface area contributed by atoms with Gasteiger partial charge in [0.25, 0.3) is 0 Å². The van der Waals surface area contributed by atoms with Crippen LogP contribution in [0.25, 0.3) is 0 Å². The standard InChI is InChI=1S/C10H13F2N/c1-2-3-10(13)8-5-4-7(11)6-9(8)12/h4-6,10H,2-3,13H2,1H3. The molecular formula is C10H13F2N. The molecule has 0 aromatic heterocycles. The van der Waals surface area contributed by atoms with E-state index in [0.29, 0.717) is 12.0 Å². The minimum Gasteiger partial charge on any atom is -0.324 e. The van der Waals surface area contributed by atoms with E-state index in [4.69, 9.17) is 5.73 Å². The zero-order valence-electron chi connectivity index (χ0n) is 7.56. The van der Waals surface area contributed by atoms with Crippen LogP contribution in [0.15, 0.2) is 18.2 Å². The summed E-state index contributed by atoms with van der Waals surface area (Å²) in [7, 11) is 0. The van der Waals surface area contributed by atoms with Crippen LogP contribution in [-0.2, 0) is 0 Å². The Labute approximate surface area is 76.6 Å². The van der Waals surface area contributed by atoms with Crippen molar-refractivity contribution in [3.8, 4) is 0 Å². The second kappa shape index (κ2) is 4.33. The number of halogens is 2. The lowest BCUT2D eigenvalue weighted by atomic mass is 10.0. The van der Waals surface area contributed by atoms with Gasteiger partial charge >= 0.3 is 0 Å². The first-order chi connectivity index (χ1) is 6.15. The van der Waals surface area contributed by atoms with Gasteiger partial charge in [-0.25, -0.2) is 8.78 Å². The molecule has 0 saturated carbocycles. The molecule has 13 heavy (non-hydrogen) atoms. The summed E-state index contributed by atoms with van der Waals surface area (Å²) in [4.78, 5) is 0. The van der Waals surface area contributed by atoms with Crippen molar-refractivity contribution in [3.05, 3.63) is 35.4 Å². The van der Waals surface area contributed by atoms with Crippen molar-refractivity contribution < 1.29 is 8.78 Å². The summed E-state index contributed by atoms with van der Waals surface area (Å²) < 4.78 is 25.6. The first kappa shape index (κ1) is 10.1. The fourth-order valence-electron chi connectivity index (χ4n) is 1.27. The molecule has 0 heterocycles. The number of rotatable bonds is 3. The number of hydrogen-bond acceptors (Lipinski definition) is 1. The van der Waals surface area contributed by atoms with E-state index < -0.39 is 11.6 Å². The summed E-state index contributed by atoms with van der Waals surface area (Å²) in [6.45, 7) is 1.97. The number of benzene rings is 1. The van der Waals surface area contributed by atoms with Gasteiger partial charge in [-0.3, -0.25) is 0 Å². The van der Waals surface area contributed by atoms with Crippen molar-refractivity contribution in [2.24, 2.45) is 5.73 Å². The highest BCUT2D eigenvalue weighted by Gasteiger charge is 2.10. The maximum absolute atomic E-state index is 13.1. The molecule has 0 fully saturated rings. The Bertz CT molecular complexity index is 286. The first-order valence-corrected chi connectivity index (χ1v) is 4.35. The minimum absolute atomic E-state index is 0.328. The highest BCUT2D eigenvalue weighted by atomic mass is 19.1. The van der Waals surface area contributed by atoms with Gasteiger partial charge in [0.2, 0.25) is 0 Å². The Morgan fingerprint density at radius 3 is 2.62 bits per heavy atom. The monoisotopic (exact) mass is 185 g/mol. The van der Waals surface area contributed by atoms with Crippen molar-refractivity contribution in [1.29, 1.82) is 0 Å². The van der Waals surface area contributed by atoms with E-state index >= 15 is 0 Å². The summed E-state index contributed by atoms with van der Waals surface area (Å²) in [6.07, 6.45) is 1.60. The van der Waals surface area contributed by atoms with Crippen LogP contribution in [-0.4, -0.2) is 0 Å². The van der Waals surface area contributed by atoms with E-state index in [1.807, 2.05) is 6.92 Å². The highest BCUT2D eigenvalue weighted by Crippen LogP contribution is 2.19. The molecule has 0 amide bonds. The zero-order valence-corrected chi connectivity index (χ0v) is 7.56. The lowest BCUT2D eigenvalue weighted by molar-refractivity contribution is 0.541. The Hall–Kier alpha value is -0.960. The molecule has 1 unspecified atom stereocenters. The first-order valence-electron chi connectivity index (χ1n) is 4.35. The second-order valence-corrected chi connectivity index (χ2v) is 3.06. The molecule has 1 aromatic rings. The maximum Gasteiger partial charge on any atom is 0.130 e. The average Bonchev–Trinajstić information content (AvgIpc) is 2.04. The van der Waals surface area contributed by atoms with Crippen molar-refractivity contribution in [2.75, 3.05) is 0 Å². The predicted molar refractivity (Wildman–Crippen MR) is 48.2 cm³/mol. The van der Waals surface area contributed by atoms with Gasteiger partial charge in [0, 0.05) is 17.7 Å². The molecule has 72 valence electrons. The van der Waals surface area contributed by atoms with E-state index in [9.17, 15) is 8.78 Å².